The summed E-state index contributed by atoms with van der Waals surface area (Å²) in [5.41, 5.74) is 2.06. The highest BCUT2D eigenvalue weighted by molar-refractivity contribution is 5.90. The zero-order valence-electron chi connectivity index (χ0n) is 17.4. The van der Waals surface area contributed by atoms with E-state index >= 15 is 0 Å². The summed E-state index contributed by atoms with van der Waals surface area (Å²) in [6.45, 7) is 0.895. The number of nitrogens with zero attached hydrogens (tertiary/aromatic N) is 2. The minimum atomic E-state index is -0.629. The molecular formula is C24H22N2O6. The fourth-order valence-corrected chi connectivity index (χ4v) is 6.23. The molecule has 0 unspecified atom stereocenters. The number of aromatic hydroxyl groups is 1. The number of nitro benzene ring substituents is 1. The van der Waals surface area contributed by atoms with Crippen molar-refractivity contribution in [1.82, 2.24) is 4.90 Å². The SMILES string of the molecule is CN1CC[C@]23c4c5ccc(O)c4O[C@H]2[C@@H](OC(=O)c2ccc([N+](=O)[O-])cc2)C=C[C@H]3[C@H]1C5. The average molecular weight is 434 g/mol. The molecule has 0 radical (unpaired) electrons. The van der Waals surface area contributed by atoms with Gasteiger partial charge in [-0.3, -0.25) is 10.1 Å². The van der Waals surface area contributed by atoms with Crippen molar-refractivity contribution < 1.29 is 24.3 Å². The Morgan fingerprint density at radius 2 is 2.03 bits per heavy atom. The van der Waals surface area contributed by atoms with Crippen LogP contribution in [0.2, 0.25) is 0 Å². The lowest BCUT2D eigenvalue weighted by atomic mass is 9.53. The van der Waals surface area contributed by atoms with Gasteiger partial charge in [-0.15, -0.1) is 0 Å². The van der Waals surface area contributed by atoms with Crippen LogP contribution in [0.15, 0.2) is 48.6 Å². The molecule has 0 saturated carbocycles. The number of phenolic OH excluding ortho intramolecular Hbond substituents is 1. The summed E-state index contributed by atoms with van der Waals surface area (Å²) in [6, 6.07) is 9.36. The standard InChI is InChI=1S/C24H22N2O6/c1-25-11-10-24-16-7-9-19(31-23(28)13-2-5-15(6-3-13)26(29)30)22(24)32-21-18(27)8-4-14(20(21)24)12-17(16)25/h2-9,16-17,19,22,27H,10-12H2,1H3/t16-,17+,19-,22-,24-/m0/s1. The molecule has 1 spiro atoms. The van der Waals surface area contributed by atoms with Crippen LogP contribution in [0.5, 0.6) is 11.5 Å². The lowest BCUT2D eigenvalue weighted by molar-refractivity contribution is -0.384. The predicted molar refractivity (Wildman–Crippen MR) is 114 cm³/mol. The van der Waals surface area contributed by atoms with Gasteiger partial charge in [-0.1, -0.05) is 12.1 Å². The van der Waals surface area contributed by atoms with Crippen LogP contribution < -0.4 is 4.74 Å². The number of rotatable bonds is 3. The van der Waals surface area contributed by atoms with E-state index in [4.69, 9.17) is 9.47 Å². The normalized spacial score (nSPS) is 31.5. The van der Waals surface area contributed by atoms with Crippen LogP contribution >= 0.6 is 0 Å². The van der Waals surface area contributed by atoms with Gasteiger partial charge in [0.2, 0.25) is 0 Å². The first-order valence-corrected chi connectivity index (χ1v) is 10.8. The number of benzene rings is 2. The number of likely N-dealkylation sites (N-methyl/N-ethyl adjacent to an activating group) is 1. The topological polar surface area (TPSA) is 102 Å². The minimum absolute atomic E-state index is 0.0852. The van der Waals surface area contributed by atoms with Crippen LogP contribution in [0.3, 0.4) is 0 Å². The Hall–Kier alpha value is -3.39. The second-order valence-corrected chi connectivity index (χ2v) is 9.11. The Morgan fingerprint density at radius 1 is 1.25 bits per heavy atom. The van der Waals surface area contributed by atoms with Gasteiger partial charge in [-0.2, -0.15) is 0 Å². The Kier molecular flexibility index (Phi) is 3.96. The number of non-ortho nitro benzene ring substituents is 1. The molecule has 2 aromatic carbocycles. The molecule has 6 rings (SSSR count). The van der Waals surface area contributed by atoms with E-state index in [2.05, 4.69) is 18.0 Å². The number of ether oxygens (including phenoxy) is 2. The number of nitro groups is 1. The first kappa shape index (κ1) is 19.3. The highest BCUT2D eigenvalue weighted by atomic mass is 16.6. The fraction of sp³-hybridized carbons (Fsp3) is 0.375. The number of likely N-dealkylation sites (tertiary alicyclic amines) is 1. The first-order chi connectivity index (χ1) is 15.4. The van der Waals surface area contributed by atoms with E-state index in [1.54, 1.807) is 6.07 Å². The van der Waals surface area contributed by atoms with E-state index in [9.17, 15) is 20.0 Å². The number of piperidine rings is 1. The molecule has 1 saturated heterocycles. The van der Waals surface area contributed by atoms with Crippen molar-refractivity contribution in [2.75, 3.05) is 13.6 Å². The van der Waals surface area contributed by atoms with Gasteiger partial charge in [0.25, 0.3) is 5.69 Å². The largest absolute Gasteiger partial charge is 0.504 e. The monoisotopic (exact) mass is 434 g/mol. The molecule has 32 heavy (non-hydrogen) atoms. The van der Waals surface area contributed by atoms with Crippen molar-refractivity contribution in [3.63, 3.8) is 0 Å². The highest BCUT2D eigenvalue weighted by Crippen LogP contribution is 2.62. The van der Waals surface area contributed by atoms with Gasteiger partial charge in [0.05, 0.1) is 10.5 Å². The van der Waals surface area contributed by atoms with Gasteiger partial charge in [0, 0.05) is 35.1 Å². The predicted octanol–water partition coefficient (Wildman–Crippen LogP) is 2.97. The van der Waals surface area contributed by atoms with Crippen LogP contribution in [0.25, 0.3) is 0 Å². The Bertz CT molecular complexity index is 1180. The van der Waals surface area contributed by atoms with Crippen molar-refractivity contribution in [3.05, 3.63) is 75.4 Å². The Morgan fingerprint density at radius 3 is 2.78 bits per heavy atom. The third-order valence-electron chi connectivity index (χ3n) is 7.69. The molecule has 1 fully saturated rings. The maximum Gasteiger partial charge on any atom is 0.338 e. The summed E-state index contributed by atoms with van der Waals surface area (Å²) in [5, 5.41) is 21.4. The molecule has 2 heterocycles. The van der Waals surface area contributed by atoms with Crippen LogP contribution in [0.1, 0.15) is 27.9 Å². The summed E-state index contributed by atoms with van der Waals surface area (Å²) < 4.78 is 12.2. The smallest absolute Gasteiger partial charge is 0.338 e. The van der Waals surface area contributed by atoms with Gasteiger partial charge in [0.15, 0.2) is 17.6 Å². The highest BCUT2D eigenvalue weighted by Gasteiger charge is 2.65. The van der Waals surface area contributed by atoms with Crippen molar-refractivity contribution in [2.45, 2.75) is 36.5 Å². The van der Waals surface area contributed by atoms with Crippen molar-refractivity contribution in [3.8, 4) is 11.5 Å². The minimum Gasteiger partial charge on any atom is -0.504 e. The molecule has 8 heteroatoms. The molecule has 0 aromatic heterocycles. The zero-order chi connectivity index (χ0) is 22.2. The van der Waals surface area contributed by atoms with E-state index in [1.807, 2.05) is 12.1 Å². The Balaban J connectivity index is 1.38. The molecule has 5 atom stereocenters. The molecule has 1 N–H and O–H groups in total. The molecule has 2 bridgehead atoms. The Labute approximate surface area is 184 Å². The van der Waals surface area contributed by atoms with Crippen molar-refractivity contribution >= 4 is 11.7 Å². The lowest BCUT2D eigenvalue weighted by Crippen LogP contribution is -2.65. The molecule has 8 nitrogen and oxygen atoms in total. The molecule has 2 aliphatic carbocycles. The number of carbonyl (C=O) groups is 1. The van der Waals surface area contributed by atoms with Gasteiger partial charge in [-0.05, 0) is 56.3 Å². The molecule has 0 amide bonds. The average Bonchev–Trinajstić information content (AvgIpc) is 3.14. The summed E-state index contributed by atoms with van der Waals surface area (Å²) in [6.07, 6.45) is 4.72. The van der Waals surface area contributed by atoms with E-state index in [0.717, 1.165) is 24.9 Å². The molecular weight excluding hydrogens is 412 g/mol. The quantitative estimate of drug-likeness (QED) is 0.343. The van der Waals surface area contributed by atoms with Crippen LogP contribution in [-0.4, -0.2) is 52.7 Å². The van der Waals surface area contributed by atoms with Gasteiger partial charge >= 0.3 is 5.97 Å². The second-order valence-electron chi connectivity index (χ2n) is 9.11. The number of carbonyl (C=O) groups excluding carboxylic acids is 1. The second kappa shape index (κ2) is 6.56. The first-order valence-electron chi connectivity index (χ1n) is 10.8. The van der Waals surface area contributed by atoms with E-state index in [0.29, 0.717) is 11.8 Å². The maximum absolute atomic E-state index is 12.9. The number of phenols is 1. The molecule has 164 valence electrons. The molecule has 2 aliphatic heterocycles. The van der Waals surface area contributed by atoms with E-state index in [-0.39, 0.29) is 28.3 Å². The maximum atomic E-state index is 12.9. The van der Waals surface area contributed by atoms with E-state index < -0.39 is 23.1 Å². The third kappa shape index (κ3) is 2.44. The summed E-state index contributed by atoms with van der Waals surface area (Å²) in [5.74, 6) is 0.273. The summed E-state index contributed by atoms with van der Waals surface area (Å²) in [4.78, 5) is 25.6. The summed E-state index contributed by atoms with van der Waals surface area (Å²) >= 11 is 0. The number of hydrogen-bond donors (Lipinski definition) is 1. The van der Waals surface area contributed by atoms with Gasteiger partial charge < -0.3 is 19.5 Å². The van der Waals surface area contributed by atoms with E-state index in [1.165, 1.54) is 29.8 Å². The molecule has 2 aromatic rings. The van der Waals surface area contributed by atoms with Gasteiger partial charge in [-0.25, -0.2) is 4.79 Å². The zero-order valence-corrected chi connectivity index (χ0v) is 17.4. The summed E-state index contributed by atoms with van der Waals surface area (Å²) in [7, 11) is 2.14. The van der Waals surface area contributed by atoms with Crippen molar-refractivity contribution in [1.29, 1.82) is 0 Å². The van der Waals surface area contributed by atoms with Crippen molar-refractivity contribution in [2.24, 2.45) is 5.92 Å². The number of hydrogen-bond acceptors (Lipinski definition) is 7. The fourth-order valence-electron chi connectivity index (χ4n) is 6.23. The van der Waals surface area contributed by atoms with Crippen LogP contribution in [0, 0.1) is 16.0 Å². The van der Waals surface area contributed by atoms with Crippen LogP contribution in [-0.2, 0) is 16.6 Å². The molecule has 4 aliphatic rings. The lowest BCUT2D eigenvalue weighted by Gasteiger charge is -2.56. The van der Waals surface area contributed by atoms with Crippen LogP contribution in [0.4, 0.5) is 5.69 Å². The third-order valence-corrected chi connectivity index (χ3v) is 7.69. The van der Waals surface area contributed by atoms with Gasteiger partial charge in [0.1, 0.15) is 6.10 Å². The number of esters is 1.